The summed E-state index contributed by atoms with van der Waals surface area (Å²) < 4.78 is 17.8. The first-order chi connectivity index (χ1) is 4.00. The summed E-state index contributed by atoms with van der Waals surface area (Å²) in [6.45, 7) is 0. The minimum absolute atomic E-state index is 0. The van der Waals surface area contributed by atoms with Gasteiger partial charge in [0.05, 0.1) is 0 Å². The molecule has 0 amide bonds. The molecule has 0 aliphatic rings. The first-order valence-corrected chi connectivity index (χ1v) is 4.70. The number of hydrogen-bond donors (Lipinski definition) is 8. The van der Waals surface area contributed by atoms with Crippen molar-refractivity contribution in [2.24, 2.45) is 0 Å². The molecule has 0 aliphatic carbocycles. The van der Waals surface area contributed by atoms with Crippen LogP contribution in [0.15, 0.2) is 0 Å². The maximum atomic E-state index is 8.88. The van der Waals surface area contributed by atoms with Crippen LogP contribution in [0.2, 0.25) is 0 Å². The minimum atomic E-state index is -4.64. The maximum Gasteiger partial charge on any atom is 0.466 e. The number of hydrogen-bond acceptors (Lipinski definition) is 4. The molecule has 0 aromatic rings. The Morgan fingerprint density at radius 2 is 0.615 bits per heavy atom. The van der Waals surface area contributed by atoms with E-state index in [-0.39, 0.29) is 29.4 Å². The van der Waals surface area contributed by atoms with Crippen LogP contribution in [-0.4, -0.2) is 29.4 Å². The van der Waals surface area contributed by atoms with Crippen molar-refractivity contribution in [1.82, 2.24) is 12.3 Å². The van der Waals surface area contributed by atoms with Gasteiger partial charge in [-0.25, -0.2) is 9.13 Å². The zero-order valence-corrected chi connectivity index (χ0v) is 9.06. The molecule has 0 bridgehead atoms. The molecular weight excluding hydrogens is 274 g/mol. The molecule has 0 atom stereocenters. The van der Waals surface area contributed by atoms with Crippen molar-refractivity contribution in [3.05, 3.63) is 0 Å². The van der Waals surface area contributed by atoms with E-state index in [0.29, 0.717) is 0 Å². The van der Waals surface area contributed by atoms with Gasteiger partial charge in [-0.15, -0.1) is 0 Å². The van der Waals surface area contributed by atoms with Gasteiger partial charge in [-0.2, -0.15) is 0 Å². The van der Waals surface area contributed by atoms with E-state index in [9.17, 15) is 0 Å². The zero-order chi connectivity index (χ0) is 9.00. The predicted molar refractivity (Wildman–Crippen MR) is 38.6 cm³/mol. The molecule has 0 aromatic heterocycles. The van der Waals surface area contributed by atoms with Crippen molar-refractivity contribution in [2.45, 2.75) is 0 Å². The summed E-state index contributed by atoms with van der Waals surface area (Å²) in [5, 5.41) is 0. The van der Waals surface area contributed by atoms with Gasteiger partial charge >= 0.3 is 15.6 Å². The molecule has 13 heavy (non-hydrogen) atoms. The summed E-state index contributed by atoms with van der Waals surface area (Å²) in [5.74, 6) is 0. The van der Waals surface area contributed by atoms with Crippen LogP contribution in [0.25, 0.3) is 0 Å². The minimum Gasteiger partial charge on any atom is -0.344 e. The van der Waals surface area contributed by atoms with Gasteiger partial charge in [0.1, 0.15) is 0 Å². The number of phosphoric acid groups is 2. The Labute approximate surface area is 84.1 Å². The molecule has 0 aliphatic heterocycles. The van der Waals surface area contributed by atoms with Gasteiger partial charge in [-0.05, 0) is 0 Å². The van der Waals surface area contributed by atoms with Crippen molar-refractivity contribution in [2.75, 3.05) is 0 Å². The Hall–Kier alpha value is 0.659. The van der Waals surface area contributed by atoms with Crippen LogP contribution in [0.4, 0.5) is 0 Å². The SMILES string of the molecule is N.N.O=P(O)(O)O.O=P(O)(O)O.[Fe]. The molecule has 0 unspecified atom stereocenters. The van der Waals surface area contributed by atoms with Crippen LogP contribution in [0.5, 0.6) is 0 Å². The second-order valence-corrected chi connectivity index (χ2v) is 3.08. The molecule has 0 saturated heterocycles. The third-order valence-electron chi connectivity index (χ3n) is 0. The number of rotatable bonds is 0. The van der Waals surface area contributed by atoms with Gasteiger partial charge in [0.25, 0.3) is 0 Å². The molecule has 0 radical (unpaired) electrons. The molecule has 0 spiro atoms. The Morgan fingerprint density at radius 3 is 0.615 bits per heavy atom. The second-order valence-electron chi connectivity index (χ2n) is 1.03. The van der Waals surface area contributed by atoms with Crippen LogP contribution >= 0.6 is 15.6 Å². The summed E-state index contributed by atoms with van der Waals surface area (Å²) in [5.41, 5.74) is 0. The van der Waals surface area contributed by atoms with Crippen molar-refractivity contribution < 1.29 is 55.6 Å². The van der Waals surface area contributed by atoms with Crippen molar-refractivity contribution in [3.63, 3.8) is 0 Å². The molecule has 0 rings (SSSR count). The summed E-state index contributed by atoms with van der Waals surface area (Å²) in [6, 6.07) is 0. The first-order valence-electron chi connectivity index (χ1n) is 1.57. The third kappa shape index (κ3) is 3310. The zero-order valence-electron chi connectivity index (χ0n) is 6.16. The van der Waals surface area contributed by atoms with Gasteiger partial charge in [-0.3, -0.25) is 0 Å². The van der Waals surface area contributed by atoms with Gasteiger partial charge in [0, 0.05) is 17.1 Å². The largest absolute Gasteiger partial charge is 0.466 e. The molecule has 88 valence electrons. The first kappa shape index (κ1) is 29.2. The summed E-state index contributed by atoms with van der Waals surface area (Å²) in [4.78, 5) is 43.1. The smallest absolute Gasteiger partial charge is 0.344 e. The Bertz CT molecular complexity index is 132. The maximum absolute atomic E-state index is 8.88. The van der Waals surface area contributed by atoms with Gasteiger partial charge < -0.3 is 41.7 Å². The Balaban J connectivity index is -0.0000000267. The van der Waals surface area contributed by atoms with E-state index in [4.69, 9.17) is 38.5 Å². The van der Waals surface area contributed by atoms with Gasteiger partial charge in [0.15, 0.2) is 0 Å². The van der Waals surface area contributed by atoms with E-state index in [1.807, 2.05) is 0 Å². The topological polar surface area (TPSA) is 226 Å². The summed E-state index contributed by atoms with van der Waals surface area (Å²) >= 11 is 0. The normalized spacial score (nSPS) is 9.08. The van der Waals surface area contributed by atoms with E-state index >= 15 is 0 Å². The van der Waals surface area contributed by atoms with Crippen LogP contribution in [0.1, 0.15) is 0 Å². The van der Waals surface area contributed by atoms with Crippen molar-refractivity contribution in [1.29, 1.82) is 0 Å². The van der Waals surface area contributed by atoms with E-state index in [2.05, 4.69) is 0 Å². The van der Waals surface area contributed by atoms with E-state index in [0.717, 1.165) is 0 Å². The fourth-order valence-electron chi connectivity index (χ4n) is 0. The molecule has 0 fully saturated rings. The molecule has 12 N–H and O–H groups in total. The Morgan fingerprint density at radius 1 is 0.615 bits per heavy atom. The molecule has 10 nitrogen and oxygen atoms in total. The van der Waals surface area contributed by atoms with E-state index in [1.165, 1.54) is 0 Å². The molecule has 0 saturated carbocycles. The molecular formula is H12FeN2O8P2. The molecule has 13 heteroatoms. The van der Waals surface area contributed by atoms with Crippen molar-refractivity contribution in [3.8, 4) is 0 Å². The summed E-state index contributed by atoms with van der Waals surface area (Å²) in [7, 11) is -9.28. The second kappa shape index (κ2) is 10.7. The van der Waals surface area contributed by atoms with E-state index in [1.54, 1.807) is 0 Å². The Kier molecular flexibility index (Phi) is 24.1. The van der Waals surface area contributed by atoms with Crippen LogP contribution < -0.4 is 12.3 Å². The van der Waals surface area contributed by atoms with Gasteiger partial charge in [-0.1, -0.05) is 0 Å². The van der Waals surface area contributed by atoms with Crippen LogP contribution in [0.3, 0.4) is 0 Å². The van der Waals surface area contributed by atoms with Gasteiger partial charge in [0.2, 0.25) is 0 Å². The monoisotopic (exact) mass is 286 g/mol. The quantitative estimate of drug-likeness (QED) is 0.189. The predicted octanol–water partition coefficient (Wildman–Crippen LogP) is -1.54. The fraction of sp³-hybridized carbons (Fsp3) is 0. The van der Waals surface area contributed by atoms with E-state index < -0.39 is 15.6 Å². The molecule has 0 heterocycles. The van der Waals surface area contributed by atoms with Crippen LogP contribution in [0, 0.1) is 0 Å². The standard InChI is InChI=1S/Fe.2H3N.2H3O4P/c;;;2*1-5(2,3)4/h;2*1H3;2*(H3,1,2,3,4). The molecule has 0 aromatic carbocycles. The average Bonchev–Trinajstić information content (AvgIpc) is 1.12. The van der Waals surface area contributed by atoms with Crippen LogP contribution in [-0.2, 0) is 26.2 Å². The average molecular weight is 286 g/mol. The fourth-order valence-corrected chi connectivity index (χ4v) is 0. The van der Waals surface area contributed by atoms with Crippen molar-refractivity contribution >= 4 is 15.6 Å². The summed E-state index contributed by atoms with van der Waals surface area (Å²) in [6.07, 6.45) is 0. The third-order valence-corrected chi connectivity index (χ3v) is 0.